The third-order valence-corrected chi connectivity index (χ3v) is 7.05. The van der Waals surface area contributed by atoms with Crippen molar-refractivity contribution in [1.82, 2.24) is 10.2 Å². The van der Waals surface area contributed by atoms with E-state index in [0.29, 0.717) is 25.1 Å². The molecule has 0 aliphatic carbocycles. The normalized spacial score (nSPS) is 12.1. The Labute approximate surface area is 204 Å². The van der Waals surface area contributed by atoms with E-state index in [4.69, 9.17) is 0 Å². The molecule has 0 aliphatic rings. The summed E-state index contributed by atoms with van der Waals surface area (Å²) in [6, 6.07) is 14.7. The van der Waals surface area contributed by atoms with Crippen LogP contribution in [0.4, 0.5) is 5.69 Å². The van der Waals surface area contributed by atoms with Crippen LogP contribution in [0.2, 0.25) is 0 Å². The van der Waals surface area contributed by atoms with Crippen molar-refractivity contribution in [1.29, 1.82) is 0 Å². The quantitative estimate of drug-likeness (QED) is 0.495. The number of rotatable bonds is 12. The summed E-state index contributed by atoms with van der Waals surface area (Å²) < 4.78 is 26.2. The molecular formula is C26H37N3O4S. The largest absolute Gasteiger partial charge is 0.357 e. The molecule has 2 rings (SSSR count). The Morgan fingerprint density at radius 3 is 2.24 bits per heavy atom. The number of hydrogen-bond donors (Lipinski definition) is 1. The highest BCUT2D eigenvalue weighted by molar-refractivity contribution is 7.92. The molecule has 0 aliphatic heterocycles. The van der Waals surface area contributed by atoms with E-state index in [-0.39, 0.29) is 24.8 Å². The number of anilines is 1. The van der Waals surface area contributed by atoms with Gasteiger partial charge < -0.3 is 10.2 Å². The van der Waals surface area contributed by atoms with Crippen LogP contribution in [0, 0.1) is 6.92 Å². The van der Waals surface area contributed by atoms with E-state index in [9.17, 15) is 18.0 Å². The van der Waals surface area contributed by atoms with E-state index in [0.717, 1.165) is 23.1 Å². The van der Waals surface area contributed by atoms with Crippen LogP contribution in [0.5, 0.6) is 0 Å². The van der Waals surface area contributed by atoms with E-state index >= 15 is 0 Å². The number of benzene rings is 2. The molecule has 0 spiro atoms. The van der Waals surface area contributed by atoms with Gasteiger partial charge in [0.2, 0.25) is 21.8 Å². The summed E-state index contributed by atoms with van der Waals surface area (Å²) >= 11 is 0. The Bertz CT molecular complexity index is 1070. The maximum atomic E-state index is 13.3. The molecule has 0 aromatic heterocycles. The monoisotopic (exact) mass is 487 g/mol. The second kappa shape index (κ2) is 12.6. The first-order chi connectivity index (χ1) is 16.1. The number of nitrogens with one attached hydrogen (secondary N) is 1. The predicted octanol–water partition coefficient (Wildman–Crippen LogP) is 3.66. The van der Waals surface area contributed by atoms with Crippen LogP contribution in [0.1, 0.15) is 49.8 Å². The van der Waals surface area contributed by atoms with Gasteiger partial charge in [-0.25, -0.2) is 8.42 Å². The van der Waals surface area contributed by atoms with Crippen molar-refractivity contribution in [3.05, 3.63) is 65.2 Å². The van der Waals surface area contributed by atoms with Crippen molar-refractivity contribution in [2.24, 2.45) is 0 Å². The molecule has 0 saturated heterocycles. The van der Waals surface area contributed by atoms with Crippen LogP contribution >= 0.6 is 0 Å². The maximum Gasteiger partial charge on any atom is 0.242 e. The number of sulfonamides is 1. The average Bonchev–Trinajstić information content (AvgIpc) is 2.80. The fourth-order valence-corrected chi connectivity index (χ4v) is 4.96. The number of nitrogens with zero attached hydrogens (tertiary/aromatic N) is 2. The SMILES string of the molecule is CCc1ccc(N(CCCC(=O)N(Cc2cccc(C)c2)[C@@H](CC)C(=O)NC)S(C)(=O)=O)cc1. The van der Waals surface area contributed by atoms with E-state index in [1.807, 2.05) is 57.2 Å². The van der Waals surface area contributed by atoms with Gasteiger partial charge in [0, 0.05) is 26.6 Å². The smallest absolute Gasteiger partial charge is 0.242 e. The highest BCUT2D eigenvalue weighted by Crippen LogP contribution is 2.20. The van der Waals surface area contributed by atoms with Crippen molar-refractivity contribution in [3.8, 4) is 0 Å². The van der Waals surface area contributed by atoms with Crippen LogP contribution in [-0.2, 0) is 32.6 Å². The zero-order valence-electron chi connectivity index (χ0n) is 20.9. The van der Waals surface area contributed by atoms with Gasteiger partial charge in [-0.3, -0.25) is 13.9 Å². The molecule has 0 unspecified atom stereocenters. The molecule has 0 heterocycles. The highest BCUT2D eigenvalue weighted by Gasteiger charge is 2.28. The summed E-state index contributed by atoms with van der Waals surface area (Å²) in [6.45, 7) is 6.41. The molecule has 7 nitrogen and oxygen atoms in total. The number of amides is 2. The van der Waals surface area contributed by atoms with E-state index < -0.39 is 16.1 Å². The van der Waals surface area contributed by atoms with Crippen molar-refractivity contribution >= 4 is 27.5 Å². The summed E-state index contributed by atoms with van der Waals surface area (Å²) in [4.78, 5) is 27.4. The number of hydrogen-bond acceptors (Lipinski definition) is 4. The summed E-state index contributed by atoms with van der Waals surface area (Å²) in [6.07, 6.45) is 3.00. The molecule has 1 atom stereocenters. The Kier molecular flexibility index (Phi) is 10.1. The highest BCUT2D eigenvalue weighted by atomic mass is 32.2. The number of likely N-dealkylation sites (N-methyl/N-ethyl adjacent to an activating group) is 1. The third kappa shape index (κ3) is 7.58. The number of carbonyl (C=O) groups excluding carboxylic acids is 2. The van der Waals surface area contributed by atoms with Crippen molar-refractivity contribution in [2.75, 3.05) is 24.2 Å². The van der Waals surface area contributed by atoms with Crippen molar-refractivity contribution < 1.29 is 18.0 Å². The average molecular weight is 488 g/mol. The summed E-state index contributed by atoms with van der Waals surface area (Å²) in [7, 11) is -1.94. The number of aryl methyl sites for hydroxylation is 2. The van der Waals surface area contributed by atoms with Gasteiger partial charge in [0.15, 0.2) is 0 Å². The molecule has 0 bridgehead atoms. The van der Waals surface area contributed by atoms with Crippen molar-refractivity contribution in [2.45, 2.75) is 59.0 Å². The lowest BCUT2D eigenvalue weighted by Gasteiger charge is -2.31. The first kappa shape index (κ1) is 27.4. The van der Waals surface area contributed by atoms with Crippen LogP contribution in [-0.4, -0.2) is 51.0 Å². The Morgan fingerprint density at radius 1 is 1.03 bits per heavy atom. The molecule has 8 heteroatoms. The second-order valence-corrected chi connectivity index (χ2v) is 10.4. The fraction of sp³-hybridized carbons (Fsp3) is 0.462. The van der Waals surface area contributed by atoms with Crippen LogP contribution in [0.25, 0.3) is 0 Å². The van der Waals surface area contributed by atoms with Gasteiger partial charge in [0.1, 0.15) is 6.04 Å². The number of carbonyl (C=O) groups is 2. The van der Waals surface area contributed by atoms with Crippen molar-refractivity contribution in [3.63, 3.8) is 0 Å². The Morgan fingerprint density at radius 2 is 1.71 bits per heavy atom. The lowest BCUT2D eigenvalue weighted by Crippen LogP contribution is -2.48. The molecule has 0 saturated carbocycles. The molecule has 34 heavy (non-hydrogen) atoms. The first-order valence-corrected chi connectivity index (χ1v) is 13.6. The zero-order valence-corrected chi connectivity index (χ0v) is 21.7. The molecule has 0 fully saturated rings. The topological polar surface area (TPSA) is 86.8 Å². The van der Waals surface area contributed by atoms with Crippen LogP contribution in [0.15, 0.2) is 48.5 Å². The molecule has 2 aromatic carbocycles. The van der Waals surface area contributed by atoms with Gasteiger partial charge >= 0.3 is 0 Å². The Balaban J connectivity index is 2.18. The third-order valence-electron chi connectivity index (χ3n) is 5.85. The fourth-order valence-electron chi connectivity index (χ4n) is 4.00. The molecule has 0 radical (unpaired) electrons. The maximum absolute atomic E-state index is 13.3. The van der Waals surface area contributed by atoms with Gasteiger partial charge in [-0.15, -0.1) is 0 Å². The van der Waals surface area contributed by atoms with E-state index in [1.54, 1.807) is 24.1 Å². The molecule has 1 N–H and O–H groups in total. The molecule has 2 aromatic rings. The Hall–Kier alpha value is -2.87. The molecule has 2 amide bonds. The predicted molar refractivity (Wildman–Crippen MR) is 137 cm³/mol. The first-order valence-electron chi connectivity index (χ1n) is 11.7. The second-order valence-electron chi connectivity index (χ2n) is 8.51. The summed E-state index contributed by atoms with van der Waals surface area (Å²) in [5.74, 6) is -0.385. The van der Waals surface area contributed by atoms with Crippen LogP contribution < -0.4 is 9.62 Å². The van der Waals surface area contributed by atoms with Crippen LogP contribution in [0.3, 0.4) is 0 Å². The van der Waals surface area contributed by atoms with E-state index in [1.165, 1.54) is 10.6 Å². The van der Waals surface area contributed by atoms with Gasteiger partial charge in [-0.1, -0.05) is 55.8 Å². The lowest BCUT2D eigenvalue weighted by molar-refractivity contribution is -0.141. The van der Waals surface area contributed by atoms with Gasteiger partial charge in [0.05, 0.1) is 11.9 Å². The summed E-state index contributed by atoms with van der Waals surface area (Å²) in [5, 5.41) is 2.65. The minimum Gasteiger partial charge on any atom is -0.357 e. The van der Waals surface area contributed by atoms with Gasteiger partial charge in [0.25, 0.3) is 0 Å². The minimum absolute atomic E-state index is 0.137. The molecule has 186 valence electrons. The molecular weight excluding hydrogens is 450 g/mol. The summed E-state index contributed by atoms with van der Waals surface area (Å²) in [5.41, 5.74) is 3.74. The standard InChI is InChI=1S/C26H37N3O4S/c1-6-21-13-15-23(16-14-21)29(34(5,32)33)17-9-12-25(30)28(24(7-2)26(31)27-4)19-22-11-8-10-20(3)18-22/h8,10-11,13-16,18,24H,6-7,9,12,17,19H2,1-5H3,(H,27,31)/t24-/m0/s1. The van der Waals surface area contributed by atoms with Gasteiger partial charge in [-0.05, 0) is 49.4 Å². The lowest BCUT2D eigenvalue weighted by atomic mass is 10.1. The van der Waals surface area contributed by atoms with E-state index in [2.05, 4.69) is 5.32 Å². The van der Waals surface area contributed by atoms with Gasteiger partial charge in [-0.2, -0.15) is 0 Å². The minimum atomic E-state index is -3.50. The zero-order chi connectivity index (χ0) is 25.3.